The topological polar surface area (TPSA) is 57.7 Å². The molecule has 0 unspecified atom stereocenters. The molecule has 5 nitrogen and oxygen atoms in total. The van der Waals surface area contributed by atoms with Gasteiger partial charge in [-0.1, -0.05) is 17.7 Å². The fourth-order valence-corrected chi connectivity index (χ4v) is 2.10. The molecular formula is C14H10ClNO4. The van der Waals surface area contributed by atoms with E-state index in [0.717, 1.165) is 5.56 Å². The normalized spacial score (nSPS) is 12.2. The highest BCUT2D eigenvalue weighted by molar-refractivity contribution is 6.32. The molecule has 0 fully saturated rings. The van der Waals surface area contributed by atoms with E-state index in [4.69, 9.17) is 25.8 Å². The van der Waals surface area contributed by atoms with Crippen LogP contribution in [0.3, 0.4) is 0 Å². The highest BCUT2D eigenvalue weighted by atomic mass is 35.5. The second-order valence-electron chi connectivity index (χ2n) is 4.10. The van der Waals surface area contributed by atoms with E-state index in [0.29, 0.717) is 16.5 Å². The van der Waals surface area contributed by atoms with Crippen molar-refractivity contribution in [2.24, 2.45) is 0 Å². The summed E-state index contributed by atoms with van der Waals surface area (Å²) in [4.78, 5) is 15.7. The summed E-state index contributed by atoms with van der Waals surface area (Å²) in [6.07, 6.45) is 1.54. The molecule has 2 aromatic rings. The Morgan fingerprint density at radius 2 is 2.25 bits per heavy atom. The Morgan fingerprint density at radius 3 is 3.05 bits per heavy atom. The van der Waals surface area contributed by atoms with Crippen LogP contribution in [0.2, 0.25) is 5.02 Å². The first-order chi connectivity index (χ1) is 9.74. The Bertz CT molecular complexity index is 645. The third-order valence-electron chi connectivity index (χ3n) is 2.73. The Morgan fingerprint density at radius 1 is 1.35 bits per heavy atom. The average molecular weight is 292 g/mol. The number of rotatable bonds is 3. The molecule has 6 heteroatoms. The number of benzene rings is 1. The van der Waals surface area contributed by atoms with Gasteiger partial charge >= 0.3 is 5.97 Å². The van der Waals surface area contributed by atoms with Gasteiger partial charge in [-0.15, -0.1) is 0 Å². The van der Waals surface area contributed by atoms with E-state index in [2.05, 4.69) is 4.98 Å². The van der Waals surface area contributed by atoms with Crippen LogP contribution in [-0.2, 0) is 11.3 Å². The number of carbonyl (C=O) groups is 1. The van der Waals surface area contributed by atoms with Crippen molar-refractivity contribution in [1.29, 1.82) is 0 Å². The van der Waals surface area contributed by atoms with E-state index in [1.54, 1.807) is 30.3 Å². The summed E-state index contributed by atoms with van der Waals surface area (Å²) in [6.45, 7) is 0.234. The van der Waals surface area contributed by atoms with Gasteiger partial charge in [-0.2, -0.15) is 0 Å². The third kappa shape index (κ3) is 2.53. The zero-order valence-corrected chi connectivity index (χ0v) is 11.1. The molecule has 0 saturated carbocycles. The first-order valence-electron chi connectivity index (χ1n) is 5.90. The lowest BCUT2D eigenvalue weighted by molar-refractivity contribution is 0.0465. The maximum Gasteiger partial charge on any atom is 0.357 e. The number of hydrogen-bond donors (Lipinski definition) is 0. The molecule has 0 aliphatic carbocycles. The van der Waals surface area contributed by atoms with Crippen molar-refractivity contribution in [3.63, 3.8) is 0 Å². The second-order valence-corrected chi connectivity index (χ2v) is 4.51. The minimum atomic E-state index is -0.487. The van der Waals surface area contributed by atoms with Crippen LogP contribution in [0.1, 0.15) is 16.1 Å². The largest absolute Gasteiger partial charge is 0.456 e. The fraction of sp³-hybridized carbons (Fsp3) is 0.143. The van der Waals surface area contributed by atoms with Gasteiger partial charge < -0.3 is 14.2 Å². The van der Waals surface area contributed by atoms with E-state index in [-0.39, 0.29) is 19.1 Å². The summed E-state index contributed by atoms with van der Waals surface area (Å²) < 4.78 is 15.6. The highest BCUT2D eigenvalue weighted by Crippen LogP contribution is 2.39. The molecule has 1 aliphatic rings. The number of ether oxygens (including phenoxy) is 3. The number of carbonyl (C=O) groups excluding carboxylic acids is 1. The van der Waals surface area contributed by atoms with Crippen LogP contribution in [0.5, 0.6) is 11.5 Å². The molecule has 0 radical (unpaired) electrons. The Balaban J connectivity index is 1.70. The lowest BCUT2D eigenvalue weighted by Gasteiger charge is -2.06. The fourth-order valence-electron chi connectivity index (χ4n) is 1.81. The Kier molecular flexibility index (Phi) is 3.43. The van der Waals surface area contributed by atoms with Crippen molar-refractivity contribution < 1.29 is 19.0 Å². The molecule has 1 aliphatic heterocycles. The smallest absolute Gasteiger partial charge is 0.357 e. The predicted octanol–water partition coefficient (Wildman–Crippen LogP) is 2.82. The monoisotopic (exact) mass is 291 g/mol. The molecule has 0 bridgehead atoms. The van der Waals surface area contributed by atoms with Crippen molar-refractivity contribution in [3.8, 4) is 11.5 Å². The van der Waals surface area contributed by atoms with Crippen LogP contribution in [0.4, 0.5) is 0 Å². The first-order valence-corrected chi connectivity index (χ1v) is 6.28. The molecule has 0 spiro atoms. The van der Waals surface area contributed by atoms with Gasteiger partial charge in [0.25, 0.3) is 0 Å². The first kappa shape index (κ1) is 12.7. The summed E-state index contributed by atoms with van der Waals surface area (Å²) in [6, 6.07) is 8.46. The summed E-state index contributed by atoms with van der Waals surface area (Å²) in [5, 5.41) is 0.434. The van der Waals surface area contributed by atoms with Gasteiger partial charge in [0.1, 0.15) is 12.3 Å². The molecule has 0 N–H and O–H groups in total. The van der Waals surface area contributed by atoms with E-state index in [9.17, 15) is 4.79 Å². The van der Waals surface area contributed by atoms with Crippen molar-refractivity contribution >= 4 is 17.6 Å². The number of nitrogens with zero attached hydrogens (tertiary/aromatic N) is 1. The van der Waals surface area contributed by atoms with Gasteiger partial charge in [0.05, 0.1) is 5.02 Å². The molecule has 102 valence electrons. The zero-order valence-electron chi connectivity index (χ0n) is 10.3. The number of pyridine rings is 1. The van der Waals surface area contributed by atoms with Crippen LogP contribution in [-0.4, -0.2) is 17.7 Å². The van der Waals surface area contributed by atoms with Gasteiger partial charge in [-0.25, -0.2) is 9.78 Å². The molecule has 3 rings (SSSR count). The number of esters is 1. The maximum atomic E-state index is 11.8. The van der Waals surface area contributed by atoms with Gasteiger partial charge in [-0.3, -0.25) is 0 Å². The molecule has 1 aromatic carbocycles. The summed E-state index contributed by atoms with van der Waals surface area (Å²) in [5.41, 5.74) is 0.989. The molecule has 0 amide bonds. The molecule has 20 heavy (non-hydrogen) atoms. The molecule has 2 heterocycles. The Labute approximate surface area is 120 Å². The van der Waals surface area contributed by atoms with Crippen LogP contribution >= 0.6 is 11.6 Å². The lowest BCUT2D eigenvalue weighted by atomic mass is 10.2. The summed E-state index contributed by atoms with van der Waals surface area (Å²) in [7, 11) is 0. The lowest BCUT2D eigenvalue weighted by Crippen LogP contribution is -2.06. The van der Waals surface area contributed by atoms with Gasteiger partial charge in [0.2, 0.25) is 6.79 Å². The van der Waals surface area contributed by atoms with E-state index in [1.165, 1.54) is 6.20 Å². The van der Waals surface area contributed by atoms with Crippen LogP contribution in [0, 0.1) is 0 Å². The van der Waals surface area contributed by atoms with Gasteiger partial charge in [0, 0.05) is 6.20 Å². The van der Waals surface area contributed by atoms with Crippen molar-refractivity contribution in [1.82, 2.24) is 4.98 Å². The minimum Gasteiger partial charge on any atom is -0.456 e. The third-order valence-corrected chi connectivity index (χ3v) is 3.01. The minimum absolute atomic E-state index is 0.0891. The van der Waals surface area contributed by atoms with E-state index in [1.807, 2.05) is 0 Å². The van der Waals surface area contributed by atoms with Gasteiger partial charge in [-0.05, 0) is 29.8 Å². The second kappa shape index (κ2) is 5.38. The standard InChI is InChI=1S/C14H10ClNO4/c15-10-5-9(6-12-13(10)20-8-19-12)7-18-14(17)11-3-1-2-4-16-11/h1-6H,7-8H2. The number of fused-ring (bicyclic) bond motifs is 1. The van der Waals surface area contributed by atoms with Crippen molar-refractivity contribution in [2.75, 3.05) is 6.79 Å². The van der Waals surface area contributed by atoms with Crippen molar-refractivity contribution in [2.45, 2.75) is 6.61 Å². The van der Waals surface area contributed by atoms with Crippen LogP contribution < -0.4 is 9.47 Å². The van der Waals surface area contributed by atoms with E-state index < -0.39 is 5.97 Å². The summed E-state index contributed by atoms with van der Waals surface area (Å²) >= 11 is 6.05. The zero-order chi connectivity index (χ0) is 13.9. The van der Waals surface area contributed by atoms with Crippen molar-refractivity contribution in [3.05, 3.63) is 52.8 Å². The Hall–Kier alpha value is -2.27. The number of halogens is 1. The highest BCUT2D eigenvalue weighted by Gasteiger charge is 2.19. The number of aromatic nitrogens is 1. The quantitative estimate of drug-likeness (QED) is 0.814. The van der Waals surface area contributed by atoms with E-state index >= 15 is 0 Å². The van der Waals surface area contributed by atoms with Gasteiger partial charge in [0.15, 0.2) is 11.5 Å². The average Bonchev–Trinajstić information content (AvgIpc) is 2.94. The molecule has 0 saturated heterocycles. The predicted molar refractivity (Wildman–Crippen MR) is 70.9 cm³/mol. The van der Waals surface area contributed by atoms with Crippen LogP contribution in [0.25, 0.3) is 0 Å². The maximum absolute atomic E-state index is 11.8. The molecule has 0 atom stereocenters. The molecular weight excluding hydrogens is 282 g/mol. The van der Waals surface area contributed by atoms with Crippen LogP contribution in [0.15, 0.2) is 36.5 Å². The number of hydrogen-bond acceptors (Lipinski definition) is 5. The SMILES string of the molecule is O=C(OCc1cc(Cl)c2c(c1)OCO2)c1ccccn1. The summed E-state index contributed by atoms with van der Waals surface area (Å²) in [5.74, 6) is 0.590. The molecule has 1 aromatic heterocycles.